The molecule has 0 radical (unpaired) electrons. The van der Waals surface area contributed by atoms with Crippen LogP contribution in [0.2, 0.25) is 0 Å². The Hall–Kier alpha value is -0.600. The Morgan fingerprint density at radius 2 is 1.92 bits per heavy atom. The number of rotatable bonds is 3. The minimum Gasteiger partial charge on any atom is -0.748 e. The van der Waals surface area contributed by atoms with Gasteiger partial charge >= 0.3 is 0 Å². The fourth-order valence-corrected chi connectivity index (χ4v) is 2.43. The van der Waals surface area contributed by atoms with Crippen LogP contribution < -0.4 is 0 Å². The monoisotopic (exact) mass is 202 g/mol. The van der Waals surface area contributed by atoms with Gasteiger partial charge in [0.15, 0.2) is 0 Å². The van der Waals surface area contributed by atoms with Crippen molar-refractivity contribution in [2.75, 3.05) is 5.75 Å². The van der Waals surface area contributed by atoms with Crippen LogP contribution in [0, 0.1) is 16.7 Å². The van der Waals surface area contributed by atoms with Gasteiger partial charge in [-0.25, -0.2) is 8.42 Å². The van der Waals surface area contributed by atoms with Crippen molar-refractivity contribution >= 4 is 10.1 Å². The van der Waals surface area contributed by atoms with Crippen LogP contribution in [0.5, 0.6) is 0 Å². The second-order valence-corrected chi connectivity index (χ2v) is 5.13. The predicted octanol–water partition coefficient (Wildman–Crippen LogP) is 1.01. The van der Waals surface area contributed by atoms with Crippen LogP contribution in [-0.2, 0) is 10.1 Å². The first-order valence-corrected chi connectivity index (χ1v) is 5.90. The maximum absolute atomic E-state index is 10.4. The van der Waals surface area contributed by atoms with Crippen molar-refractivity contribution in [3.8, 4) is 6.07 Å². The molecule has 0 aromatic heterocycles. The van der Waals surface area contributed by atoms with Gasteiger partial charge < -0.3 is 4.55 Å². The van der Waals surface area contributed by atoms with Crippen LogP contribution >= 0.6 is 0 Å². The fraction of sp³-hybridized carbons (Fsp3) is 0.875. The van der Waals surface area contributed by atoms with Crippen LogP contribution in [0.25, 0.3) is 0 Å². The van der Waals surface area contributed by atoms with E-state index in [9.17, 15) is 13.0 Å². The quantitative estimate of drug-likeness (QED) is 0.639. The molecule has 0 bridgehead atoms. The molecule has 5 heteroatoms. The summed E-state index contributed by atoms with van der Waals surface area (Å²) < 4.78 is 31.1. The van der Waals surface area contributed by atoms with Crippen molar-refractivity contribution in [2.45, 2.75) is 32.1 Å². The molecule has 1 aliphatic carbocycles. The third-order valence-corrected chi connectivity index (χ3v) is 3.33. The molecule has 0 atom stereocenters. The highest BCUT2D eigenvalue weighted by Gasteiger charge is 2.33. The Morgan fingerprint density at radius 1 is 1.38 bits per heavy atom. The standard InChI is InChI=1S/C8H13NO3S/c9-7-8(3-1-2-4-8)5-6-13(10,11)12/h1-6H2,(H,10,11,12)/p-1. The molecule has 1 fully saturated rings. The zero-order valence-electron chi connectivity index (χ0n) is 7.32. The van der Waals surface area contributed by atoms with E-state index in [1.165, 1.54) is 0 Å². The molecule has 0 saturated heterocycles. The first-order chi connectivity index (χ1) is 5.97. The zero-order chi connectivity index (χ0) is 9.95. The minimum atomic E-state index is -4.16. The lowest BCUT2D eigenvalue weighted by molar-refractivity contribution is 0.383. The fourth-order valence-electron chi connectivity index (χ4n) is 1.79. The van der Waals surface area contributed by atoms with Crippen LogP contribution in [0.4, 0.5) is 0 Å². The smallest absolute Gasteiger partial charge is 0.0946 e. The summed E-state index contributed by atoms with van der Waals surface area (Å²) in [5.41, 5.74) is -0.530. The highest BCUT2D eigenvalue weighted by Crippen LogP contribution is 2.40. The first-order valence-electron chi connectivity index (χ1n) is 4.32. The zero-order valence-corrected chi connectivity index (χ0v) is 8.14. The number of nitriles is 1. The third kappa shape index (κ3) is 2.98. The van der Waals surface area contributed by atoms with E-state index in [2.05, 4.69) is 6.07 Å². The van der Waals surface area contributed by atoms with Crippen LogP contribution in [0.1, 0.15) is 32.1 Å². The highest BCUT2D eigenvalue weighted by molar-refractivity contribution is 7.85. The van der Waals surface area contributed by atoms with E-state index in [1.807, 2.05) is 0 Å². The van der Waals surface area contributed by atoms with Crippen molar-refractivity contribution in [1.29, 1.82) is 5.26 Å². The maximum atomic E-state index is 10.4. The predicted molar refractivity (Wildman–Crippen MR) is 45.7 cm³/mol. The van der Waals surface area contributed by atoms with E-state index in [0.29, 0.717) is 0 Å². The molecule has 0 spiro atoms. The summed E-state index contributed by atoms with van der Waals surface area (Å²) in [6.07, 6.45) is 3.60. The highest BCUT2D eigenvalue weighted by atomic mass is 32.2. The Bertz CT molecular complexity index is 309. The molecule has 13 heavy (non-hydrogen) atoms. The molecule has 0 aromatic carbocycles. The summed E-state index contributed by atoms with van der Waals surface area (Å²) in [7, 11) is -4.16. The molecule has 0 aromatic rings. The average molecular weight is 202 g/mol. The lowest BCUT2D eigenvalue weighted by Crippen LogP contribution is -2.19. The number of hydrogen-bond donors (Lipinski definition) is 0. The van der Waals surface area contributed by atoms with Gasteiger partial charge in [-0.1, -0.05) is 12.8 Å². The van der Waals surface area contributed by atoms with Gasteiger partial charge in [0.1, 0.15) is 0 Å². The van der Waals surface area contributed by atoms with Gasteiger partial charge in [0, 0.05) is 5.75 Å². The molecule has 0 heterocycles. The Morgan fingerprint density at radius 3 is 2.31 bits per heavy atom. The van der Waals surface area contributed by atoms with Gasteiger partial charge in [0.2, 0.25) is 0 Å². The molecule has 1 rings (SSSR count). The Kier molecular flexibility index (Phi) is 2.94. The summed E-state index contributed by atoms with van der Waals surface area (Å²) in [5.74, 6) is -0.402. The molecule has 0 unspecified atom stereocenters. The summed E-state index contributed by atoms with van der Waals surface area (Å²) in [5, 5.41) is 8.87. The molecule has 4 nitrogen and oxygen atoms in total. The summed E-state index contributed by atoms with van der Waals surface area (Å²) in [4.78, 5) is 0. The van der Waals surface area contributed by atoms with Gasteiger partial charge in [-0.15, -0.1) is 0 Å². The van der Waals surface area contributed by atoms with Gasteiger partial charge in [-0.3, -0.25) is 0 Å². The first kappa shape index (κ1) is 10.5. The van der Waals surface area contributed by atoms with E-state index in [4.69, 9.17) is 5.26 Å². The molecule has 0 N–H and O–H groups in total. The molecule has 0 aliphatic heterocycles. The average Bonchev–Trinajstić information content (AvgIpc) is 2.49. The third-order valence-electron chi connectivity index (χ3n) is 2.63. The largest absolute Gasteiger partial charge is 0.748 e. The molecule has 1 saturated carbocycles. The lowest BCUT2D eigenvalue weighted by atomic mass is 9.85. The Labute approximate surface area is 78.3 Å². The summed E-state index contributed by atoms with van der Waals surface area (Å²) in [6.45, 7) is 0. The maximum Gasteiger partial charge on any atom is 0.0946 e. The molecule has 1 aliphatic rings. The minimum absolute atomic E-state index is 0.204. The van der Waals surface area contributed by atoms with Gasteiger partial charge in [-0.2, -0.15) is 5.26 Å². The number of nitrogens with zero attached hydrogens (tertiary/aromatic N) is 1. The second kappa shape index (κ2) is 3.64. The van der Waals surface area contributed by atoms with Crippen molar-refractivity contribution in [1.82, 2.24) is 0 Å². The second-order valence-electron chi connectivity index (χ2n) is 3.61. The van der Waals surface area contributed by atoms with Crippen molar-refractivity contribution in [2.24, 2.45) is 5.41 Å². The van der Waals surface area contributed by atoms with Crippen molar-refractivity contribution < 1.29 is 13.0 Å². The summed E-state index contributed by atoms with van der Waals surface area (Å²) in [6, 6.07) is 2.15. The topological polar surface area (TPSA) is 81.0 Å². The summed E-state index contributed by atoms with van der Waals surface area (Å²) >= 11 is 0. The Balaban J connectivity index is 2.56. The molecule has 0 amide bonds. The van der Waals surface area contributed by atoms with Crippen LogP contribution in [-0.4, -0.2) is 18.7 Å². The van der Waals surface area contributed by atoms with Crippen molar-refractivity contribution in [3.05, 3.63) is 0 Å². The van der Waals surface area contributed by atoms with E-state index < -0.39 is 21.3 Å². The van der Waals surface area contributed by atoms with Gasteiger partial charge in [0.05, 0.1) is 21.6 Å². The van der Waals surface area contributed by atoms with Crippen LogP contribution in [0.15, 0.2) is 0 Å². The van der Waals surface area contributed by atoms with E-state index in [1.54, 1.807) is 0 Å². The van der Waals surface area contributed by atoms with Gasteiger partial charge in [-0.05, 0) is 19.3 Å². The lowest BCUT2D eigenvalue weighted by Gasteiger charge is -2.20. The molecular formula is C8H12NO3S-. The SMILES string of the molecule is N#CC1(CCS(=O)(=O)[O-])CCCC1. The number of hydrogen-bond acceptors (Lipinski definition) is 4. The normalized spacial score (nSPS) is 21.2. The van der Waals surface area contributed by atoms with Gasteiger partial charge in [0.25, 0.3) is 0 Å². The van der Waals surface area contributed by atoms with E-state index in [0.717, 1.165) is 25.7 Å². The van der Waals surface area contributed by atoms with Crippen molar-refractivity contribution in [3.63, 3.8) is 0 Å². The van der Waals surface area contributed by atoms with E-state index >= 15 is 0 Å². The molecular weight excluding hydrogens is 190 g/mol. The van der Waals surface area contributed by atoms with Crippen LogP contribution in [0.3, 0.4) is 0 Å². The van der Waals surface area contributed by atoms with E-state index in [-0.39, 0.29) is 6.42 Å². The molecule has 74 valence electrons.